The van der Waals surface area contributed by atoms with Gasteiger partial charge in [-0.1, -0.05) is 12.1 Å². The molecule has 134 valence electrons. The third-order valence-corrected chi connectivity index (χ3v) is 3.85. The quantitative estimate of drug-likeness (QED) is 0.399. The van der Waals surface area contributed by atoms with E-state index in [4.69, 9.17) is 4.42 Å². The maximum Gasteiger partial charge on any atom is 0.230 e. The summed E-state index contributed by atoms with van der Waals surface area (Å²) in [6.45, 7) is 1.43. The zero-order valence-corrected chi connectivity index (χ0v) is 14.5. The van der Waals surface area contributed by atoms with Crippen molar-refractivity contribution in [1.82, 2.24) is 9.88 Å². The smallest absolute Gasteiger partial charge is 0.230 e. The van der Waals surface area contributed by atoms with Crippen LogP contribution in [-0.4, -0.2) is 49.1 Å². The molecule has 2 aromatic carbocycles. The molecule has 3 rings (SSSR count). The van der Waals surface area contributed by atoms with Crippen molar-refractivity contribution in [2.45, 2.75) is 0 Å². The molecular weight excluding hydrogens is 337 g/mol. The van der Waals surface area contributed by atoms with Gasteiger partial charge in [0.1, 0.15) is 11.3 Å². The number of nitrogens with zero attached hydrogens (tertiary/aromatic N) is 2. The van der Waals surface area contributed by atoms with Gasteiger partial charge in [-0.05, 0) is 38.4 Å². The first-order valence-electron chi connectivity index (χ1n) is 8.07. The fourth-order valence-electron chi connectivity index (χ4n) is 2.56. The molecule has 3 aromatic rings. The molecule has 0 radical (unpaired) electrons. The molecule has 0 aliphatic rings. The third kappa shape index (κ3) is 3.62. The number of halogens is 1. The van der Waals surface area contributed by atoms with Crippen molar-refractivity contribution in [1.29, 1.82) is 0 Å². The number of Topliss-reactive ketones (excluding diaryl/α,β-unsaturated/α-hetero) is 1. The van der Waals surface area contributed by atoms with Crippen LogP contribution in [0.3, 0.4) is 0 Å². The average molecular weight is 355 g/mol. The Morgan fingerprint density at radius 2 is 2.08 bits per heavy atom. The minimum atomic E-state index is -0.720. The van der Waals surface area contributed by atoms with Gasteiger partial charge < -0.3 is 14.6 Å². The van der Waals surface area contributed by atoms with Crippen LogP contribution in [0.1, 0.15) is 10.4 Å². The van der Waals surface area contributed by atoms with Crippen molar-refractivity contribution in [3.63, 3.8) is 0 Å². The molecule has 0 bridgehead atoms. The number of hydrogen-bond donors (Lipinski definition) is 1. The van der Waals surface area contributed by atoms with E-state index in [-0.39, 0.29) is 28.9 Å². The van der Waals surface area contributed by atoms with Crippen LogP contribution in [0, 0.1) is 5.82 Å². The van der Waals surface area contributed by atoms with Crippen LogP contribution in [0.25, 0.3) is 22.6 Å². The highest BCUT2D eigenvalue weighted by Crippen LogP contribution is 2.30. The van der Waals surface area contributed by atoms with Gasteiger partial charge in [0, 0.05) is 18.8 Å². The molecule has 0 saturated heterocycles. The van der Waals surface area contributed by atoms with Crippen LogP contribution < -0.4 is 5.32 Å². The molecule has 0 aliphatic heterocycles. The van der Waals surface area contributed by atoms with Crippen LogP contribution in [-0.2, 0) is 4.79 Å². The number of rotatable bonds is 7. The highest BCUT2D eigenvalue weighted by atomic mass is 19.1. The number of fused-ring (bicyclic) bond motifs is 1. The second kappa shape index (κ2) is 7.45. The van der Waals surface area contributed by atoms with Gasteiger partial charge >= 0.3 is 0 Å². The highest BCUT2D eigenvalue weighted by Gasteiger charge is 2.19. The first-order chi connectivity index (χ1) is 12.5. The van der Waals surface area contributed by atoms with E-state index in [0.717, 1.165) is 6.54 Å². The molecule has 0 fully saturated rings. The number of hydrogen-bond acceptors (Lipinski definition) is 6. The molecule has 1 aromatic heterocycles. The van der Waals surface area contributed by atoms with Gasteiger partial charge in [-0.3, -0.25) is 9.59 Å². The minimum Gasteiger partial charge on any atom is -0.435 e. The lowest BCUT2D eigenvalue weighted by atomic mass is 10.1. The van der Waals surface area contributed by atoms with E-state index in [2.05, 4.69) is 10.3 Å². The van der Waals surface area contributed by atoms with Gasteiger partial charge in [-0.15, -0.1) is 0 Å². The predicted octanol–water partition coefficient (Wildman–Crippen LogP) is 2.99. The molecular formula is C19H18FN3O3. The molecule has 0 spiro atoms. The number of benzene rings is 2. The van der Waals surface area contributed by atoms with E-state index in [0.29, 0.717) is 17.7 Å². The van der Waals surface area contributed by atoms with E-state index < -0.39 is 11.6 Å². The van der Waals surface area contributed by atoms with Crippen molar-refractivity contribution in [3.05, 3.63) is 47.8 Å². The summed E-state index contributed by atoms with van der Waals surface area (Å²) in [5.74, 6) is -1.14. The first kappa shape index (κ1) is 17.8. The standard InChI is InChI=1S/C19H18FN3O3/c1-23(2)8-7-21-12-9-14(17(25)11-24)18-16(10-12)22-19(26-18)13-5-3-4-6-15(13)20/h3-6,9-11,21H,7-8H2,1-2H3. The van der Waals surface area contributed by atoms with Crippen molar-refractivity contribution in [3.8, 4) is 11.5 Å². The van der Waals surface area contributed by atoms with Crippen molar-refractivity contribution < 1.29 is 18.4 Å². The number of ketones is 1. The Labute approximate surface area is 149 Å². The van der Waals surface area contributed by atoms with E-state index in [9.17, 15) is 14.0 Å². The summed E-state index contributed by atoms with van der Waals surface area (Å²) >= 11 is 0. The predicted molar refractivity (Wildman–Crippen MR) is 96.8 cm³/mol. The number of carbonyl (C=O) groups excluding carboxylic acids is 2. The van der Waals surface area contributed by atoms with Crippen LogP contribution >= 0.6 is 0 Å². The van der Waals surface area contributed by atoms with Crippen molar-refractivity contribution in [2.75, 3.05) is 32.5 Å². The molecule has 6 nitrogen and oxygen atoms in total. The molecule has 7 heteroatoms. The minimum absolute atomic E-state index is 0.0588. The Bertz CT molecular complexity index is 966. The molecule has 0 aliphatic carbocycles. The lowest BCUT2D eigenvalue weighted by Crippen LogP contribution is -2.20. The molecule has 0 amide bonds. The average Bonchev–Trinajstić information content (AvgIpc) is 3.04. The largest absolute Gasteiger partial charge is 0.435 e. The van der Waals surface area contributed by atoms with Gasteiger partial charge in [0.15, 0.2) is 11.9 Å². The summed E-state index contributed by atoms with van der Waals surface area (Å²) in [4.78, 5) is 29.3. The maximum absolute atomic E-state index is 14.0. The summed E-state index contributed by atoms with van der Waals surface area (Å²) in [5.41, 5.74) is 1.47. The summed E-state index contributed by atoms with van der Waals surface area (Å²) in [6.07, 6.45) is 0.226. The van der Waals surface area contributed by atoms with Crippen LogP contribution in [0.15, 0.2) is 40.8 Å². The topological polar surface area (TPSA) is 75.4 Å². The van der Waals surface area contributed by atoms with Crippen LogP contribution in [0.4, 0.5) is 10.1 Å². The van der Waals surface area contributed by atoms with Gasteiger partial charge in [0.25, 0.3) is 0 Å². The van der Waals surface area contributed by atoms with Crippen LogP contribution in [0.5, 0.6) is 0 Å². The normalized spacial score (nSPS) is 11.1. The third-order valence-electron chi connectivity index (χ3n) is 3.85. The lowest BCUT2D eigenvalue weighted by Gasteiger charge is -2.11. The molecule has 1 N–H and O–H groups in total. The Balaban J connectivity index is 2.07. The Kier molecular flexibility index (Phi) is 5.09. The zero-order chi connectivity index (χ0) is 18.7. The van der Waals surface area contributed by atoms with Crippen molar-refractivity contribution in [2.24, 2.45) is 0 Å². The molecule has 26 heavy (non-hydrogen) atoms. The number of aromatic nitrogens is 1. The van der Waals surface area contributed by atoms with Gasteiger partial charge in [-0.25, -0.2) is 9.37 Å². The summed E-state index contributed by atoms with van der Waals surface area (Å²) in [5, 5.41) is 3.18. The van der Waals surface area contributed by atoms with E-state index in [1.165, 1.54) is 12.1 Å². The zero-order valence-electron chi connectivity index (χ0n) is 14.5. The summed E-state index contributed by atoms with van der Waals surface area (Å²) in [7, 11) is 3.90. The number of likely N-dealkylation sites (N-methyl/N-ethyl adjacent to an activating group) is 1. The van der Waals surface area contributed by atoms with Gasteiger partial charge in [-0.2, -0.15) is 0 Å². The molecule has 0 atom stereocenters. The van der Waals surface area contributed by atoms with Crippen LogP contribution in [0.2, 0.25) is 0 Å². The fourth-order valence-corrected chi connectivity index (χ4v) is 2.56. The molecule has 0 unspecified atom stereocenters. The highest BCUT2D eigenvalue weighted by molar-refractivity contribution is 6.36. The summed E-state index contributed by atoms with van der Waals surface area (Å²) < 4.78 is 19.6. The van der Waals surface area contributed by atoms with Crippen molar-refractivity contribution >= 4 is 28.9 Å². The first-order valence-corrected chi connectivity index (χ1v) is 8.07. The second-order valence-corrected chi connectivity index (χ2v) is 6.08. The number of nitrogens with one attached hydrogen (secondary N) is 1. The number of oxazole rings is 1. The molecule has 0 saturated carbocycles. The number of anilines is 1. The SMILES string of the molecule is CN(C)CCNc1cc(C(=O)C=O)c2oc(-c3ccccc3F)nc2c1. The van der Waals surface area contributed by atoms with E-state index in [1.54, 1.807) is 24.3 Å². The summed E-state index contributed by atoms with van der Waals surface area (Å²) in [6, 6.07) is 9.33. The Morgan fingerprint density at radius 1 is 1.31 bits per heavy atom. The van der Waals surface area contributed by atoms with E-state index in [1.807, 2.05) is 19.0 Å². The van der Waals surface area contributed by atoms with Gasteiger partial charge in [0.2, 0.25) is 11.7 Å². The fraction of sp³-hybridized carbons (Fsp3) is 0.211. The molecule has 1 heterocycles. The second-order valence-electron chi connectivity index (χ2n) is 6.08. The maximum atomic E-state index is 14.0. The van der Waals surface area contributed by atoms with Gasteiger partial charge in [0.05, 0.1) is 11.1 Å². The van der Waals surface area contributed by atoms with E-state index >= 15 is 0 Å². The lowest BCUT2D eigenvalue weighted by molar-refractivity contribution is -0.104. The Morgan fingerprint density at radius 3 is 2.77 bits per heavy atom. The monoisotopic (exact) mass is 355 g/mol. The number of carbonyl (C=O) groups is 2. The Hall–Kier alpha value is -3.06. The number of aldehydes is 1.